The van der Waals surface area contributed by atoms with Gasteiger partial charge < -0.3 is 5.73 Å². The number of halogens is 1. The fourth-order valence-electron chi connectivity index (χ4n) is 2.06. The second-order valence-corrected chi connectivity index (χ2v) is 4.52. The summed E-state index contributed by atoms with van der Waals surface area (Å²) in [7, 11) is 0. The lowest BCUT2D eigenvalue weighted by Gasteiger charge is -2.10. The number of nitrogens with one attached hydrogen (secondary N) is 1. The Labute approximate surface area is 117 Å². The molecule has 1 aromatic heterocycles. The lowest BCUT2D eigenvalue weighted by atomic mass is 10.1. The van der Waals surface area contributed by atoms with Crippen molar-refractivity contribution >= 4 is 5.84 Å². The van der Waals surface area contributed by atoms with Crippen LogP contribution in [0.25, 0.3) is 0 Å². The Balaban J connectivity index is 2.39. The van der Waals surface area contributed by atoms with E-state index in [-0.39, 0.29) is 5.84 Å². The van der Waals surface area contributed by atoms with Crippen LogP contribution in [0.15, 0.2) is 18.2 Å². The first kappa shape index (κ1) is 14.2. The first-order valence-electron chi connectivity index (χ1n) is 6.60. The van der Waals surface area contributed by atoms with Crippen molar-refractivity contribution in [1.82, 2.24) is 14.8 Å². The summed E-state index contributed by atoms with van der Waals surface area (Å²) in [6.07, 6.45) is 1.53. The minimum Gasteiger partial charge on any atom is -0.384 e. The molecule has 0 bridgehead atoms. The predicted octanol–water partition coefficient (Wildman–Crippen LogP) is 1.87. The molecule has 5 nitrogen and oxygen atoms in total. The fourth-order valence-corrected chi connectivity index (χ4v) is 2.06. The molecule has 6 heteroatoms. The smallest absolute Gasteiger partial charge is 0.150 e. The predicted molar refractivity (Wildman–Crippen MR) is 75.3 cm³/mol. The van der Waals surface area contributed by atoms with E-state index in [0.29, 0.717) is 12.1 Å². The van der Waals surface area contributed by atoms with Crippen LogP contribution < -0.4 is 5.73 Å². The van der Waals surface area contributed by atoms with Gasteiger partial charge in [-0.2, -0.15) is 5.10 Å². The number of amidine groups is 1. The maximum Gasteiger partial charge on any atom is 0.150 e. The highest BCUT2D eigenvalue weighted by atomic mass is 19.1. The molecule has 106 valence electrons. The largest absolute Gasteiger partial charge is 0.384 e. The van der Waals surface area contributed by atoms with Gasteiger partial charge >= 0.3 is 0 Å². The molecule has 0 unspecified atom stereocenters. The molecule has 20 heavy (non-hydrogen) atoms. The van der Waals surface area contributed by atoms with Crippen molar-refractivity contribution in [1.29, 1.82) is 5.41 Å². The first-order valence-corrected chi connectivity index (χ1v) is 6.60. The average Bonchev–Trinajstić information content (AvgIpc) is 2.82. The Morgan fingerprint density at radius 3 is 2.70 bits per heavy atom. The highest BCUT2D eigenvalue weighted by Gasteiger charge is 2.12. The summed E-state index contributed by atoms with van der Waals surface area (Å²) in [6, 6.07) is 4.28. The summed E-state index contributed by atoms with van der Waals surface area (Å²) < 4.78 is 15.1. The van der Waals surface area contributed by atoms with Crippen LogP contribution in [-0.4, -0.2) is 20.6 Å². The number of hydrogen-bond donors (Lipinski definition) is 2. The monoisotopic (exact) mass is 275 g/mol. The van der Waals surface area contributed by atoms with Crippen LogP contribution in [0.5, 0.6) is 0 Å². The van der Waals surface area contributed by atoms with Gasteiger partial charge in [-0.05, 0) is 17.7 Å². The lowest BCUT2D eigenvalue weighted by molar-refractivity contribution is 0.617. The molecule has 0 saturated heterocycles. The van der Waals surface area contributed by atoms with Gasteiger partial charge in [0.2, 0.25) is 0 Å². The SMILES string of the molecule is CCc1nc(CC)n(Cc2ccc(F)cc2C(=N)N)n1. The Morgan fingerprint density at radius 2 is 2.10 bits per heavy atom. The average molecular weight is 275 g/mol. The van der Waals surface area contributed by atoms with E-state index in [1.165, 1.54) is 12.1 Å². The van der Waals surface area contributed by atoms with E-state index in [1.54, 1.807) is 10.7 Å². The van der Waals surface area contributed by atoms with Crippen molar-refractivity contribution in [3.05, 3.63) is 46.8 Å². The van der Waals surface area contributed by atoms with Crippen molar-refractivity contribution in [2.75, 3.05) is 0 Å². The van der Waals surface area contributed by atoms with Crippen molar-refractivity contribution in [2.45, 2.75) is 33.2 Å². The fraction of sp³-hybridized carbons (Fsp3) is 0.357. The molecule has 2 aromatic rings. The Morgan fingerprint density at radius 1 is 1.35 bits per heavy atom. The molecule has 0 fully saturated rings. The van der Waals surface area contributed by atoms with Crippen LogP contribution in [-0.2, 0) is 19.4 Å². The number of nitrogens with zero attached hydrogens (tertiary/aromatic N) is 3. The summed E-state index contributed by atoms with van der Waals surface area (Å²) in [5, 5.41) is 12.0. The van der Waals surface area contributed by atoms with Gasteiger partial charge in [-0.3, -0.25) is 5.41 Å². The quantitative estimate of drug-likeness (QED) is 0.645. The van der Waals surface area contributed by atoms with E-state index in [9.17, 15) is 4.39 Å². The van der Waals surface area contributed by atoms with Crippen LogP contribution in [0.4, 0.5) is 4.39 Å². The molecular weight excluding hydrogens is 257 g/mol. The molecule has 0 saturated carbocycles. The number of benzene rings is 1. The maximum absolute atomic E-state index is 13.3. The minimum atomic E-state index is -0.400. The third-order valence-corrected chi connectivity index (χ3v) is 3.11. The van der Waals surface area contributed by atoms with Crippen molar-refractivity contribution in [2.24, 2.45) is 5.73 Å². The normalized spacial score (nSPS) is 10.8. The highest BCUT2D eigenvalue weighted by Crippen LogP contribution is 2.14. The highest BCUT2D eigenvalue weighted by molar-refractivity contribution is 5.96. The zero-order valence-corrected chi connectivity index (χ0v) is 11.7. The summed E-state index contributed by atoms with van der Waals surface area (Å²) >= 11 is 0. The van der Waals surface area contributed by atoms with Gasteiger partial charge in [-0.1, -0.05) is 19.9 Å². The van der Waals surface area contributed by atoms with Crippen molar-refractivity contribution in [3.8, 4) is 0 Å². The minimum absolute atomic E-state index is 0.145. The molecule has 3 N–H and O–H groups in total. The summed E-state index contributed by atoms with van der Waals surface area (Å²) in [4.78, 5) is 4.43. The molecular formula is C14H18FN5. The molecule has 1 aromatic carbocycles. The van der Waals surface area contributed by atoms with E-state index in [2.05, 4.69) is 10.1 Å². The molecule has 1 heterocycles. The van der Waals surface area contributed by atoms with Gasteiger partial charge in [0.25, 0.3) is 0 Å². The zero-order chi connectivity index (χ0) is 14.7. The van der Waals surface area contributed by atoms with E-state index in [0.717, 1.165) is 30.1 Å². The molecule has 0 amide bonds. The Hall–Kier alpha value is -2.24. The summed E-state index contributed by atoms with van der Waals surface area (Å²) in [5.41, 5.74) is 6.68. The lowest BCUT2D eigenvalue weighted by Crippen LogP contribution is -2.17. The van der Waals surface area contributed by atoms with Crippen LogP contribution >= 0.6 is 0 Å². The molecule has 0 atom stereocenters. The molecule has 0 aliphatic rings. The van der Waals surface area contributed by atoms with E-state index in [4.69, 9.17) is 11.1 Å². The number of hydrogen-bond acceptors (Lipinski definition) is 3. The number of nitrogen functional groups attached to an aromatic ring is 1. The van der Waals surface area contributed by atoms with Gasteiger partial charge in [0.15, 0.2) is 5.82 Å². The number of aryl methyl sites for hydroxylation is 2. The number of rotatable bonds is 5. The van der Waals surface area contributed by atoms with E-state index >= 15 is 0 Å². The molecule has 0 aliphatic heterocycles. The standard InChI is InChI=1S/C14H18FN5/c1-3-12-18-13(4-2)20(19-12)8-9-5-6-10(15)7-11(9)14(16)17/h5-7H,3-4,8H2,1-2H3,(H3,16,17). The van der Waals surface area contributed by atoms with E-state index < -0.39 is 5.82 Å². The third-order valence-electron chi connectivity index (χ3n) is 3.11. The van der Waals surface area contributed by atoms with Gasteiger partial charge in [0.1, 0.15) is 17.5 Å². The third kappa shape index (κ3) is 2.84. The van der Waals surface area contributed by atoms with Crippen molar-refractivity contribution < 1.29 is 4.39 Å². The van der Waals surface area contributed by atoms with Crippen LogP contribution in [0.2, 0.25) is 0 Å². The number of nitrogens with two attached hydrogens (primary N) is 1. The van der Waals surface area contributed by atoms with Crippen LogP contribution in [0.3, 0.4) is 0 Å². The second kappa shape index (κ2) is 5.81. The molecule has 0 aliphatic carbocycles. The van der Waals surface area contributed by atoms with Crippen LogP contribution in [0, 0.1) is 11.2 Å². The van der Waals surface area contributed by atoms with Gasteiger partial charge in [-0.15, -0.1) is 0 Å². The maximum atomic E-state index is 13.3. The zero-order valence-electron chi connectivity index (χ0n) is 11.7. The second-order valence-electron chi connectivity index (χ2n) is 4.52. The van der Waals surface area contributed by atoms with Gasteiger partial charge in [0.05, 0.1) is 6.54 Å². The van der Waals surface area contributed by atoms with E-state index in [1.807, 2.05) is 13.8 Å². The number of aromatic nitrogens is 3. The topological polar surface area (TPSA) is 80.6 Å². The summed E-state index contributed by atoms with van der Waals surface area (Å²) in [5.74, 6) is 1.12. The molecule has 2 rings (SSSR count). The van der Waals surface area contributed by atoms with Gasteiger partial charge in [-0.25, -0.2) is 14.1 Å². The Bertz CT molecular complexity index is 632. The Kier molecular flexibility index (Phi) is 4.12. The summed E-state index contributed by atoms with van der Waals surface area (Å²) in [6.45, 7) is 4.44. The van der Waals surface area contributed by atoms with Crippen LogP contribution in [0.1, 0.15) is 36.6 Å². The molecule has 0 spiro atoms. The first-order chi connectivity index (χ1) is 9.55. The molecule has 0 radical (unpaired) electrons. The van der Waals surface area contributed by atoms with Gasteiger partial charge in [0, 0.05) is 18.4 Å². The van der Waals surface area contributed by atoms with Crippen molar-refractivity contribution in [3.63, 3.8) is 0 Å².